The first-order valence-corrected chi connectivity index (χ1v) is 7.53. The van der Waals surface area contributed by atoms with Crippen LogP contribution in [0.3, 0.4) is 0 Å². The van der Waals surface area contributed by atoms with E-state index < -0.39 is 18.0 Å². The largest absolute Gasteiger partial charge is 0.463 e. The van der Waals surface area contributed by atoms with E-state index in [2.05, 4.69) is 5.10 Å². The van der Waals surface area contributed by atoms with Crippen molar-refractivity contribution in [3.8, 4) is 5.69 Å². The van der Waals surface area contributed by atoms with E-state index in [1.807, 2.05) is 48.9 Å². The molecule has 3 rings (SSSR count). The van der Waals surface area contributed by atoms with Crippen molar-refractivity contribution in [1.29, 1.82) is 0 Å². The first-order chi connectivity index (χ1) is 11.1. The number of para-hydroxylation sites is 1. The Balaban J connectivity index is 1.77. The zero-order valence-corrected chi connectivity index (χ0v) is 13.1. The van der Waals surface area contributed by atoms with E-state index in [1.165, 1.54) is 0 Å². The number of hydrogen-bond acceptors (Lipinski definition) is 5. The topological polar surface area (TPSA) is 70.4 Å². The van der Waals surface area contributed by atoms with E-state index in [4.69, 9.17) is 9.47 Å². The Labute approximate surface area is 134 Å². The van der Waals surface area contributed by atoms with Gasteiger partial charge in [-0.1, -0.05) is 18.2 Å². The predicted octanol–water partition coefficient (Wildman–Crippen LogP) is 1.89. The van der Waals surface area contributed by atoms with Crippen molar-refractivity contribution < 1.29 is 19.1 Å². The van der Waals surface area contributed by atoms with Gasteiger partial charge in [0.2, 0.25) is 6.10 Å². The standard InChI is InChI=1S/C17H18N2O4/c1-11-14(10-16(20)23-15-8-9-22-17(15)21)12(2)19(18-11)13-6-4-3-5-7-13/h3-7,15H,8-10H2,1-2H3/t15-/m0/s1. The number of cyclic esters (lactones) is 1. The number of aromatic nitrogens is 2. The Hall–Kier alpha value is -2.63. The first kappa shape index (κ1) is 15.3. The van der Waals surface area contributed by atoms with Gasteiger partial charge >= 0.3 is 11.9 Å². The third-order valence-corrected chi connectivity index (χ3v) is 3.92. The SMILES string of the molecule is Cc1nn(-c2ccccc2)c(C)c1CC(=O)O[C@H]1CCOC1=O. The monoisotopic (exact) mass is 314 g/mol. The van der Waals surface area contributed by atoms with Gasteiger partial charge in [-0.3, -0.25) is 4.79 Å². The van der Waals surface area contributed by atoms with Gasteiger partial charge in [-0.15, -0.1) is 0 Å². The van der Waals surface area contributed by atoms with Gasteiger partial charge in [0.05, 0.1) is 24.4 Å². The van der Waals surface area contributed by atoms with Crippen LogP contribution in [0.2, 0.25) is 0 Å². The molecule has 0 radical (unpaired) electrons. The van der Waals surface area contributed by atoms with Gasteiger partial charge in [0.25, 0.3) is 0 Å². The van der Waals surface area contributed by atoms with Crippen molar-refractivity contribution in [3.05, 3.63) is 47.3 Å². The molecule has 2 aromatic rings. The quantitative estimate of drug-likeness (QED) is 0.806. The summed E-state index contributed by atoms with van der Waals surface area (Å²) in [4.78, 5) is 23.5. The normalized spacial score (nSPS) is 17.1. The van der Waals surface area contributed by atoms with Crippen molar-refractivity contribution in [2.45, 2.75) is 32.8 Å². The second-order valence-corrected chi connectivity index (χ2v) is 5.51. The maximum Gasteiger partial charge on any atom is 0.347 e. The number of esters is 2. The molecule has 0 amide bonds. The smallest absolute Gasteiger partial charge is 0.347 e. The molecule has 1 aliphatic heterocycles. The zero-order chi connectivity index (χ0) is 16.4. The number of ether oxygens (including phenoxy) is 2. The van der Waals surface area contributed by atoms with Crippen LogP contribution in [0, 0.1) is 13.8 Å². The highest BCUT2D eigenvalue weighted by Crippen LogP contribution is 2.19. The third-order valence-electron chi connectivity index (χ3n) is 3.92. The van der Waals surface area contributed by atoms with Crippen molar-refractivity contribution in [1.82, 2.24) is 9.78 Å². The van der Waals surface area contributed by atoms with Gasteiger partial charge in [0.15, 0.2) is 0 Å². The summed E-state index contributed by atoms with van der Waals surface area (Å²) in [5, 5.41) is 4.50. The fourth-order valence-electron chi connectivity index (χ4n) is 2.68. The molecule has 6 heteroatoms. The van der Waals surface area contributed by atoms with E-state index in [0.29, 0.717) is 13.0 Å². The number of nitrogens with zero attached hydrogens (tertiary/aromatic N) is 2. The summed E-state index contributed by atoms with van der Waals surface area (Å²) in [6.07, 6.45) is -0.257. The Morgan fingerprint density at radius 1 is 1.35 bits per heavy atom. The molecule has 1 atom stereocenters. The molecule has 0 aliphatic carbocycles. The second-order valence-electron chi connectivity index (χ2n) is 5.51. The Kier molecular flexibility index (Phi) is 4.14. The van der Waals surface area contributed by atoms with E-state index in [9.17, 15) is 9.59 Å². The van der Waals surface area contributed by atoms with Crippen LogP contribution in [0.15, 0.2) is 30.3 Å². The summed E-state index contributed by atoms with van der Waals surface area (Å²) in [5.74, 6) is -0.903. The van der Waals surface area contributed by atoms with Crippen molar-refractivity contribution >= 4 is 11.9 Å². The number of aryl methyl sites for hydroxylation is 1. The fraction of sp³-hybridized carbons (Fsp3) is 0.353. The highest BCUT2D eigenvalue weighted by atomic mass is 16.6. The Morgan fingerprint density at radius 2 is 2.09 bits per heavy atom. The molecule has 0 N–H and O–H groups in total. The minimum Gasteiger partial charge on any atom is -0.463 e. The lowest BCUT2D eigenvalue weighted by atomic mass is 10.1. The molecule has 0 unspecified atom stereocenters. The van der Waals surface area contributed by atoms with Crippen LogP contribution in [0.4, 0.5) is 0 Å². The van der Waals surface area contributed by atoms with Gasteiger partial charge in [-0.05, 0) is 26.0 Å². The lowest BCUT2D eigenvalue weighted by Gasteiger charge is -2.09. The van der Waals surface area contributed by atoms with E-state index in [0.717, 1.165) is 22.6 Å². The number of benzene rings is 1. The summed E-state index contributed by atoms with van der Waals surface area (Å²) in [6.45, 7) is 4.08. The number of carbonyl (C=O) groups is 2. The van der Waals surface area contributed by atoms with Crippen molar-refractivity contribution in [3.63, 3.8) is 0 Å². The van der Waals surface area contributed by atoms with Crippen LogP contribution >= 0.6 is 0 Å². The van der Waals surface area contributed by atoms with E-state index >= 15 is 0 Å². The molecule has 0 bridgehead atoms. The molecule has 120 valence electrons. The Bertz CT molecular complexity index is 737. The van der Waals surface area contributed by atoms with Gasteiger partial charge in [0.1, 0.15) is 0 Å². The van der Waals surface area contributed by atoms with Crippen LogP contribution in [0.1, 0.15) is 23.4 Å². The fourth-order valence-corrected chi connectivity index (χ4v) is 2.68. The summed E-state index contributed by atoms with van der Waals surface area (Å²) in [5.41, 5.74) is 3.43. The van der Waals surface area contributed by atoms with Crippen molar-refractivity contribution in [2.24, 2.45) is 0 Å². The minimum absolute atomic E-state index is 0.0915. The predicted molar refractivity (Wildman–Crippen MR) is 82.2 cm³/mol. The van der Waals surface area contributed by atoms with Gasteiger partial charge < -0.3 is 9.47 Å². The van der Waals surface area contributed by atoms with Crippen LogP contribution in [-0.2, 0) is 25.5 Å². The molecule has 6 nitrogen and oxygen atoms in total. The Morgan fingerprint density at radius 3 is 2.74 bits per heavy atom. The first-order valence-electron chi connectivity index (χ1n) is 7.53. The van der Waals surface area contributed by atoms with Gasteiger partial charge in [-0.25, -0.2) is 9.48 Å². The van der Waals surface area contributed by atoms with Gasteiger partial charge in [0, 0.05) is 17.7 Å². The summed E-state index contributed by atoms with van der Waals surface area (Å²) in [7, 11) is 0. The minimum atomic E-state index is -0.771. The van der Waals surface area contributed by atoms with Crippen LogP contribution < -0.4 is 0 Å². The molecule has 1 saturated heterocycles. The number of hydrogen-bond donors (Lipinski definition) is 0. The van der Waals surface area contributed by atoms with E-state index in [-0.39, 0.29) is 6.42 Å². The molecule has 1 fully saturated rings. The highest BCUT2D eigenvalue weighted by molar-refractivity contribution is 5.81. The molecule has 1 aliphatic rings. The molecule has 2 heterocycles. The molecule has 1 aromatic heterocycles. The van der Waals surface area contributed by atoms with Crippen LogP contribution in [0.25, 0.3) is 5.69 Å². The van der Waals surface area contributed by atoms with E-state index in [1.54, 1.807) is 0 Å². The molecule has 0 spiro atoms. The molecule has 23 heavy (non-hydrogen) atoms. The lowest BCUT2D eigenvalue weighted by molar-refractivity contribution is -0.159. The summed E-state index contributed by atoms with van der Waals surface area (Å²) >= 11 is 0. The van der Waals surface area contributed by atoms with Crippen LogP contribution in [-0.4, -0.2) is 34.4 Å². The van der Waals surface area contributed by atoms with Crippen LogP contribution in [0.5, 0.6) is 0 Å². The second kappa shape index (κ2) is 6.24. The molecular formula is C17H18N2O4. The molecule has 0 saturated carbocycles. The lowest BCUT2D eigenvalue weighted by Crippen LogP contribution is -2.23. The van der Waals surface area contributed by atoms with Gasteiger partial charge in [-0.2, -0.15) is 5.10 Å². The highest BCUT2D eigenvalue weighted by Gasteiger charge is 2.30. The number of carbonyl (C=O) groups excluding carboxylic acids is 2. The number of rotatable bonds is 4. The molecule has 1 aromatic carbocycles. The average molecular weight is 314 g/mol. The summed E-state index contributed by atoms with van der Waals surface area (Å²) in [6, 6.07) is 9.72. The maximum atomic E-state index is 12.1. The zero-order valence-electron chi connectivity index (χ0n) is 13.1. The third kappa shape index (κ3) is 3.11. The molecular weight excluding hydrogens is 296 g/mol. The average Bonchev–Trinajstić information content (AvgIpc) is 3.06. The van der Waals surface area contributed by atoms with Crippen molar-refractivity contribution in [2.75, 3.05) is 6.61 Å². The maximum absolute atomic E-state index is 12.1. The summed E-state index contributed by atoms with van der Waals surface area (Å²) < 4.78 is 11.8.